The molecule has 1 heterocycles. The predicted octanol–water partition coefficient (Wildman–Crippen LogP) is 0.916. The Morgan fingerprint density at radius 2 is 2.18 bits per heavy atom. The minimum absolute atomic E-state index is 0.0201. The van der Waals surface area contributed by atoms with Crippen molar-refractivity contribution in [2.75, 3.05) is 26.0 Å². The van der Waals surface area contributed by atoms with Gasteiger partial charge in [0.2, 0.25) is 11.8 Å². The Balaban J connectivity index is 1.91. The molecule has 0 atom stereocenters. The third kappa shape index (κ3) is 4.39. The first kappa shape index (κ1) is 16.2. The maximum atomic E-state index is 11.6. The largest absolute Gasteiger partial charge is 0.494 e. The highest BCUT2D eigenvalue weighted by Crippen LogP contribution is 2.23. The number of rotatable bonds is 7. The zero-order chi connectivity index (χ0) is 15.9. The second-order valence-corrected chi connectivity index (χ2v) is 5.36. The van der Waals surface area contributed by atoms with Gasteiger partial charge in [-0.2, -0.15) is 0 Å². The van der Waals surface area contributed by atoms with Crippen molar-refractivity contribution < 1.29 is 14.3 Å². The van der Waals surface area contributed by atoms with E-state index in [1.54, 1.807) is 0 Å². The van der Waals surface area contributed by atoms with Gasteiger partial charge in [-0.25, -0.2) is 4.98 Å². The normalized spacial score (nSPS) is 10.5. The van der Waals surface area contributed by atoms with Crippen LogP contribution in [0.5, 0.6) is 5.75 Å². The predicted molar refractivity (Wildman–Crippen MR) is 85.1 cm³/mol. The van der Waals surface area contributed by atoms with Crippen molar-refractivity contribution >= 4 is 34.6 Å². The summed E-state index contributed by atoms with van der Waals surface area (Å²) in [5.41, 5.74) is 1.68. The van der Waals surface area contributed by atoms with Gasteiger partial charge in [0.1, 0.15) is 5.75 Å². The van der Waals surface area contributed by atoms with Crippen LogP contribution in [0.2, 0.25) is 0 Å². The fourth-order valence-electron chi connectivity index (χ4n) is 1.74. The van der Waals surface area contributed by atoms with Crippen LogP contribution in [0.3, 0.4) is 0 Å². The van der Waals surface area contributed by atoms with Crippen LogP contribution in [0.25, 0.3) is 11.0 Å². The third-order valence-electron chi connectivity index (χ3n) is 2.81. The molecule has 22 heavy (non-hydrogen) atoms. The lowest BCUT2D eigenvalue weighted by Gasteiger charge is -2.02. The minimum atomic E-state index is -0.231. The van der Waals surface area contributed by atoms with Gasteiger partial charge >= 0.3 is 0 Å². The molecule has 7 nitrogen and oxygen atoms in total. The van der Waals surface area contributed by atoms with E-state index in [1.807, 2.05) is 25.1 Å². The monoisotopic (exact) mass is 322 g/mol. The molecule has 1 aromatic heterocycles. The fourth-order valence-corrected chi connectivity index (χ4v) is 2.46. The number of aromatic amines is 1. The van der Waals surface area contributed by atoms with E-state index in [1.165, 1.54) is 18.8 Å². The number of amides is 2. The molecule has 8 heteroatoms. The summed E-state index contributed by atoms with van der Waals surface area (Å²) >= 11 is 1.28. The van der Waals surface area contributed by atoms with Gasteiger partial charge in [-0.3, -0.25) is 9.59 Å². The maximum Gasteiger partial charge on any atom is 0.239 e. The molecular weight excluding hydrogens is 304 g/mol. The molecule has 2 aromatic rings. The second-order valence-electron chi connectivity index (χ2n) is 4.39. The minimum Gasteiger partial charge on any atom is -0.494 e. The molecule has 0 aliphatic rings. The Morgan fingerprint density at radius 1 is 1.36 bits per heavy atom. The molecule has 1 aromatic carbocycles. The number of imidazole rings is 1. The summed E-state index contributed by atoms with van der Waals surface area (Å²) in [7, 11) is 1.52. The van der Waals surface area contributed by atoms with Crippen molar-refractivity contribution in [2.24, 2.45) is 0 Å². The van der Waals surface area contributed by atoms with Gasteiger partial charge in [-0.1, -0.05) is 11.8 Å². The summed E-state index contributed by atoms with van der Waals surface area (Å²) < 4.78 is 5.43. The lowest BCUT2D eigenvalue weighted by atomic mass is 10.3. The standard InChI is InChI=1S/C14H18N4O3S/c1-3-21-9-4-5-10-11(6-9)18-14(17-10)22-8-13(20)16-7-12(19)15-2/h4-6H,3,7-8H2,1-2H3,(H,15,19)(H,16,20)(H,17,18). The summed E-state index contributed by atoms with van der Waals surface area (Å²) in [6, 6.07) is 5.60. The Bertz CT molecular complexity index is 671. The number of H-pyrrole nitrogens is 1. The lowest BCUT2D eigenvalue weighted by Crippen LogP contribution is -2.36. The van der Waals surface area contributed by atoms with Crippen LogP contribution in [0, 0.1) is 0 Å². The molecular formula is C14H18N4O3S. The fraction of sp³-hybridized carbons (Fsp3) is 0.357. The highest BCUT2D eigenvalue weighted by molar-refractivity contribution is 7.99. The molecule has 0 aliphatic carbocycles. The average molecular weight is 322 g/mol. The van der Waals surface area contributed by atoms with Crippen LogP contribution in [-0.4, -0.2) is 47.7 Å². The Morgan fingerprint density at radius 3 is 2.91 bits per heavy atom. The molecule has 3 N–H and O–H groups in total. The number of hydrogen-bond donors (Lipinski definition) is 3. The first-order valence-corrected chi connectivity index (χ1v) is 7.83. The van der Waals surface area contributed by atoms with Gasteiger partial charge in [0.15, 0.2) is 5.16 Å². The number of benzene rings is 1. The van der Waals surface area contributed by atoms with E-state index in [9.17, 15) is 9.59 Å². The van der Waals surface area contributed by atoms with E-state index in [-0.39, 0.29) is 24.1 Å². The van der Waals surface area contributed by atoms with Gasteiger partial charge in [-0.15, -0.1) is 0 Å². The third-order valence-corrected chi connectivity index (χ3v) is 3.68. The summed E-state index contributed by atoms with van der Waals surface area (Å²) in [4.78, 5) is 30.2. The van der Waals surface area contributed by atoms with Gasteiger partial charge in [0.05, 0.1) is 29.9 Å². The summed E-state index contributed by atoms with van der Waals surface area (Å²) in [6.45, 7) is 2.51. The molecule has 0 aliphatic heterocycles. The summed E-state index contributed by atoms with van der Waals surface area (Å²) in [5, 5.41) is 5.62. The number of nitrogens with zero attached hydrogens (tertiary/aromatic N) is 1. The molecule has 0 bridgehead atoms. The van der Waals surface area contributed by atoms with E-state index in [2.05, 4.69) is 20.6 Å². The van der Waals surface area contributed by atoms with Crippen molar-refractivity contribution in [3.63, 3.8) is 0 Å². The van der Waals surface area contributed by atoms with Gasteiger partial charge in [-0.05, 0) is 19.1 Å². The van der Waals surface area contributed by atoms with Crippen LogP contribution < -0.4 is 15.4 Å². The number of likely N-dealkylation sites (N-methyl/N-ethyl adjacent to an activating group) is 1. The number of carbonyl (C=O) groups excluding carboxylic acids is 2. The van der Waals surface area contributed by atoms with Crippen molar-refractivity contribution in [2.45, 2.75) is 12.1 Å². The smallest absolute Gasteiger partial charge is 0.239 e. The van der Waals surface area contributed by atoms with Gasteiger partial charge < -0.3 is 20.4 Å². The van der Waals surface area contributed by atoms with E-state index in [4.69, 9.17) is 4.74 Å². The number of hydrogen-bond acceptors (Lipinski definition) is 5. The van der Waals surface area contributed by atoms with Gasteiger partial charge in [0, 0.05) is 13.1 Å². The van der Waals surface area contributed by atoms with Gasteiger partial charge in [0.25, 0.3) is 0 Å². The van der Waals surface area contributed by atoms with Crippen LogP contribution in [0.4, 0.5) is 0 Å². The molecule has 2 amide bonds. The molecule has 0 radical (unpaired) electrons. The molecule has 0 saturated carbocycles. The van der Waals surface area contributed by atoms with Crippen molar-refractivity contribution in [3.05, 3.63) is 18.2 Å². The maximum absolute atomic E-state index is 11.6. The molecule has 0 spiro atoms. The molecule has 0 unspecified atom stereocenters. The number of aromatic nitrogens is 2. The van der Waals surface area contributed by atoms with E-state index >= 15 is 0 Å². The first-order chi connectivity index (χ1) is 10.6. The topological polar surface area (TPSA) is 96.1 Å². The number of nitrogens with one attached hydrogen (secondary N) is 3. The van der Waals surface area contributed by atoms with E-state index < -0.39 is 0 Å². The van der Waals surface area contributed by atoms with Crippen LogP contribution in [0.1, 0.15) is 6.92 Å². The van der Waals surface area contributed by atoms with Crippen LogP contribution >= 0.6 is 11.8 Å². The summed E-state index contributed by atoms with van der Waals surface area (Å²) in [5.74, 6) is 0.517. The SMILES string of the molecule is CCOc1ccc2nc(SCC(=O)NCC(=O)NC)[nH]c2c1. The molecule has 0 fully saturated rings. The number of ether oxygens (including phenoxy) is 1. The highest BCUT2D eigenvalue weighted by atomic mass is 32.2. The van der Waals surface area contributed by atoms with Crippen molar-refractivity contribution in [1.82, 2.24) is 20.6 Å². The molecule has 0 saturated heterocycles. The van der Waals surface area contributed by atoms with E-state index in [0.717, 1.165) is 16.8 Å². The number of thioether (sulfide) groups is 1. The lowest BCUT2D eigenvalue weighted by molar-refractivity contribution is -0.124. The van der Waals surface area contributed by atoms with E-state index in [0.29, 0.717) is 11.8 Å². The Labute approximate surface area is 132 Å². The van der Waals surface area contributed by atoms with Crippen molar-refractivity contribution in [3.8, 4) is 5.75 Å². The molecule has 118 valence electrons. The zero-order valence-corrected chi connectivity index (χ0v) is 13.3. The highest BCUT2D eigenvalue weighted by Gasteiger charge is 2.08. The number of fused-ring (bicyclic) bond motifs is 1. The van der Waals surface area contributed by atoms with Crippen molar-refractivity contribution in [1.29, 1.82) is 0 Å². The Kier molecular flexibility index (Phi) is 5.65. The van der Waals surface area contributed by atoms with Crippen LogP contribution in [0.15, 0.2) is 23.4 Å². The average Bonchev–Trinajstić information content (AvgIpc) is 2.93. The second kappa shape index (κ2) is 7.69. The quantitative estimate of drug-likeness (QED) is 0.659. The number of carbonyl (C=O) groups is 2. The molecule has 2 rings (SSSR count). The zero-order valence-electron chi connectivity index (χ0n) is 12.4. The van der Waals surface area contributed by atoms with Crippen LogP contribution in [-0.2, 0) is 9.59 Å². The first-order valence-electron chi connectivity index (χ1n) is 6.85. The Hall–Kier alpha value is -2.22. The summed E-state index contributed by atoms with van der Waals surface area (Å²) in [6.07, 6.45) is 0.